The summed E-state index contributed by atoms with van der Waals surface area (Å²) in [5.41, 5.74) is 3.01. The Morgan fingerprint density at radius 3 is 2.36 bits per heavy atom. The van der Waals surface area contributed by atoms with Crippen molar-refractivity contribution >= 4 is 37.8 Å². The SMILES string of the molecule is Cl.Cl.[CH3][Zr]([CH3])(=[SiH2])([NH]C1CCCCC1)[CH]1C=Cc2ccccc21. The zero-order valence-electron chi connectivity index (χ0n) is 13.7. The molecule has 1 aromatic rings. The number of fused-ring (bicyclic) bond motifs is 1. The van der Waals surface area contributed by atoms with Crippen LogP contribution in [0.2, 0.25) is 9.26 Å². The summed E-state index contributed by atoms with van der Waals surface area (Å²) in [7, 11) is 0. The van der Waals surface area contributed by atoms with Gasteiger partial charge in [0, 0.05) is 0 Å². The van der Waals surface area contributed by atoms with Gasteiger partial charge in [-0.05, 0) is 0 Å². The molecular formula is C17H29Cl2NSiZr. The molecule has 22 heavy (non-hydrogen) atoms. The van der Waals surface area contributed by atoms with E-state index in [0.29, 0.717) is 3.63 Å². The van der Waals surface area contributed by atoms with Crippen LogP contribution in [0.5, 0.6) is 0 Å². The molecule has 1 N–H and O–H groups in total. The Labute approximate surface area is 150 Å². The van der Waals surface area contributed by atoms with E-state index in [0.717, 1.165) is 6.04 Å². The number of nitrogens with one attached hydrogen (secondary N) is 1. The zero-order valence-corrected chi connectivity index (χ0v) is 19.2. The van der Waals surface area contributed by atoms with E-state index in [1.807, 2.05) is 0 Å². The Morgan fingerprint density at radius 2 is 1.68 bits per heavy atom. The summed E-state index contributed by atoms with van der Waals surface area (Å²) in [6.07, 6.45) is 11.9. The Morgan fingerprint density at radius 1 is 1.05 bits per heavy atom. The van der Waals surface area contributed by atoms with Crippen molar-refractivity contribution in [2.24, 2.45) is 0 Å². The Balaban J connectivity index is 0.00000121. The summed E-state index contributed by atoms with van der Waals surface area (Å²) < 4.78 is 10.1. The fourth-order valence-electron chi connectivity index (χ4n) is 4.06. The molecule has 1 nitrogen and oxygen atoms in total. The van der Waals surface area contributed by atoms with E-state index in [-0.39, 0.29) is 24.8 Å². The van der Waals surface area contributed by atoms with Crippen molar-refractivity contribution in [2.45, 2.75) is 51.0 Å². The van der Waals surface area contributed by atoms with Gasteiger partial charge in [-0.1, -0.05) is 0 Å². The maximum atomic E-state index is 4.23. The van der Waals surface area contributed by atoms with E-state index in [4.69, 9.17) is 0 Å². The molecule has 0 amide bonds. The van der Waals surface area contributed by atoms with Gasteiger partial charge in [-0.15, -0.1) is 24.8 Å². The van der Waals surface area contributed by atoms with Crippen molar-refractivity contribution in [3.05, 3.63) is 41.5 Å². The van der Waals surface area contributed by atoms with Gasteiger partial charge in [-0.3, -0.25) is 0 Å². The van der Waals surface area contributed by atoms with E-state index in [1.54, 1.807) is 5.56 Å². The van der Waals surface area contributed by atoms with E-state index >= 15 is 0 Å². The first kappa shape index (κ1) is 20.6. The minimum atomic E-state index is -2.88. The monoisotopic (exact) mass is 435 g/mol. The third-order valence-electron chi connectivity index (χ3n) is 5.08. The predicted octanol–water partition coefficient (Wildman–Crippen LogP) is 4.77. The van der Waals surface area contributed by atoms with Crippen LogP contribution in [0.1, 0.15) is 46.9 Å². The molecule has 0 heterocycles. The van der Waals surface area contributed by atoms with Crippen LogP contribution in [0.25, 0.3) is 6.08 Å². The molecule has 0 radical (unpaired) electrons. The number of benzene rings is 1. The molecule has 0 aliphatic heterocycles. The first-order valence-corrected chi connectivity index (χ1v) is 21.6. The van der Waals surface area contributed by atoms with Gasteiger partial charge < -0.3 is 0 Å². The first-order chi connectivity index (χ1) is 9.44. The molecular weight excluding hydrogens is 408 g/mol. The van der Waals surface area contributed by atoms with Crippen molar-refractivity contribution in [3.8, 4) is 0 Å². The second-order valence-corrected chi connectivity index (χ2v) is 36.7. The summed E-state index contributed by atoms with van der Waals surface area (Å²) in [6, 6.07) is 9.75. The quantitative estimate of drug-likeness (QED) is 0.672. The predicted molar refractivity (Wildman–Crippen MR) is 103 cm³/mol. The van der Waals surface area contributed by atoms with Crippen molar-refractivity contribution in [1.82, 2.24) is 3.26 Å². The van der Waals surface area contributed by atoms with Crippen molar-refractivity contribution in [1.29, 1.82) is 0 Å². The van der Waals surface area contributed by atoms with Gasteiger partial charge in [-0.2, -0.15) is 0 Å². The van der Waals surface area contributed by atoms with Crippen LogP contribution in [0, 0.1) is 0 Å². The molecule has 0 spiro atoms. The number of rotatable bonds is 3. The normalized spacial score (nSPS) is 21.7. The molecule has 1 atom stereocenters. The van der Waals surface area contributed by atoms with Crippen LogP contribution >= 0.6 is 24.8 Å². The van der Waals surface area contributed by atoms with Crippen LogP contribution in [0.15, 0.2) is 30.3 Å². The van der Waals surface area contributed by atoms with Gasteiger partial charge in [0.2, 0.25) is 0 Å². The fraction of sp³-hybridized carbons (Fsp3) is 0.529. The summed E-state index contributed by atoms with van der Waals surface area (Å²) >= 11 is -2.88. The third kappa shape index (κ3) is 4.36. The number of hydrogen-bond donors (Lipinski definition) is 1. The van der Waals surface area contributed by atoms with Gasteiger partial charge >= 0.3 is 126 Å². The van der Waals surface area contributed by atoms with Gasteiger partial charge in [0.25, 0.3) is 0 Å². The van der Waals surface area contributed by atoms with Crippen LogP contribution in [0.4, 0.5) is 0 Å². The van der Waals surface area contributed by atoms with Crippen molar-refractivity contribution in [3.63, 3.8) is 0 Å². The van der Waals surface area contributed by atoms with Crippen molar-refractivity contribution < 1.29 is 17.7 Å². The van der Waals surface area contributed by atoms with Gasteiger partial charge in [0.1, 0.15) is 0 Å². The number of halogens is 2. The molecule has 1 aromatic carbocycles. The van der Waals surface area contributed by atoms with Crippen LogP contribution in [0.3, 0.4) is 0 Å². The fourth-order valence-corrected chi connectivity index (χ4v) is 17.2. The Kier molecular flexibility index (Phi) is 7.18. The summed E-state index contributed by atoms with van der Waals surface area (Å²) in [5.74, 6) is 0. The van der Waals surface area contributed by atoms with E-state index < -0.39 is 17.7 Å². The Hall–Kier alpha value is 0.600. The standard InChI is InChI=1S/C9H7.C6H12N.2CH3.2ClH.H2Si.Zr/c1-2-5-9-7-3-6-8(9)4-1;7-6-4-2-1-3-5-6;;;;;;/h1-7H;6-7H,1-5H2;2*1H3;2*1H;1H2;/q;-1;;;;;;+1. The third-order valence-corrected chi connectivity index (χ3v) is 18.4. The zero-order chi connectivity index (χ0) is 14.2. The first-order valence-electron chi connectivity index (χ1n) is 8.07. The molecule has 1 fully saturated rings. The van der Waals surface area contributed by atoms with E-state index in [2.05, 4.69) is 55.8 Å². The second kappa shape index (κ2) is 7.66. The number of allylic oxidation sites excluding steroid dienone is 1. The molecule has 2 aliphatic carbocycles. The second-order valence-electron chi connectivity index (χ2n) is 7.75. The Bertz CT molecular complexity index is 602. The molecule has 1 saturated carbocycles. The van der Waals surface area contributed by atoms with Gasteiger partial charge in [0.05, 0.1) is 0 Å². The summed E-state index contributed by atoms with van der Waals surface area (Å²) in [4.78, 5) is 0. The van der Waals surface area contributed by atoms with E-state index in [9.17, 15) is 0 Å². The van der Waals surface area contributed by atoms with Gasteiger partial charge in [-0.25, -0.2) is 0 Å². The molecule has 0 aromatic heterocycles. The van der Waals surface area contributed by atoms with E-state index in [1.165, 1.54) is 37.7 Å². The summed E-state index contributed by atoms with van der Waals surface area (Å²) in [6.45, 7) is 2.34. The molecule has 3 rings (SSSR count). The average molecular weight is 438 g/mol. The van der Waals surface area contributed by atoms with Crippen molar-refractivity contribution in [2.75, 3.05) is 0 Å². The molecule has 0 bridgehead atoms. The molecule has 5 heteroatoms. The molecule has 1 unspecified atom stereocenters. The summed E-state index contributed by atoms with van der Waals surface area (Å²) in [5, 5.41) is 0. The van der Waals surface area contributed by atoms with Crippen LogP contribution < -0.4 is 3.26 Å². The topological polar surface area (TPSA) is 12.0 Å². The maximum absolute atomic E-state index is 4.23. The molecule has 124 valence electrons. The molecule has 2 aliphatic rings. The van der Waals surface area contributed by atoms with Crippen LogP contribution in [-0.4, -0.2) is 12.9 Å². The number of hydrogen-bond acceptors (Lipinski definition) is 1. The average Bonchev–Trinajstić information content (AvgIpc) is 2.83. The minimum absolute atomic E-state index is 0. The molecule has 0 saturated heterocycles. The van der Waals surface area contributed by atoms with Gasteiger partial charge in [0.15, 0.2) is 0 Å². The van der Waals surface area contributed by atoms with Crippen LogP contribution in [-0.2, 0) is 17.7 Å².